The summed E-state index contributed by atoms with van der Waals surface area (Å²) in [6.07, 6.45) is 0. The molecule has 1 aromatic rings. The van der Waals surface area contributed by atoms with Gasteiger partial charge in [-0.25, -0.2) is 0 Å². The Kier molecular flexibility index (Phi) is 4.26. The number of nitrogens with one attached hydrogen (secondary N) is 2. The van der Waals surface area contributed by atoms with Crippen LogP contribution in [0.2, 0.25) is 0 Å². The van der Waals surface area contributed by atoms with E-state index >= 15 is 0 Å². The van der Waals surface area contributed by atoms with E-state index < -0.39 is 5.91 Å². The van der Waals surface area contributed by atoms with Gasteiger partial charge in [0.2, 0.25) is 0 Å². The van der Waals surface area contributed by atoms with Crippen molar-refractivity contribution in [2.24, 2.45) is 5.73 Å². The third-order valence-corrected chi connectivity index (χ3v) is 2.83. The summed E-state index contributed by atoms with van der Waals surface area (Å²) in [5, 5.41) is 5.62. The molecule has 0 atom stereocenters. The van der Waals surface area contributed by atoms with Gasteiger partial charge < -0.3 is 16.4 Å². The van der Waals surface area contributed by atoms with Crippen molar-refractivity contribution in [2.45, 2.75) is 0 Å². The minimum Gasteiger partial charge on any atom is -0.365 e. The van der Waals surface area contributed by atoms with E-state index in [-0.39, 0.29) is 5.91 Å². The predicted molar refractivity (Wildman–Crippen MR) is 59.1 cm³/mol. The second-order valence-corrected chi connectivity index (χ2v) is 3.97. The van der Waals surface area contributed by atoms with Crippen LogP contribution in [0.1, 0.15) is 19.3 Å². The van der Waals surface area contributed by atoms with Crippen molar-refractivity contribution in [3.05, 3.63) is 21.9 Å². The molecule has 82 valence electrons. The number of likely N-dealkylation sites (N-methyl/N-ethyl adjacent to an activating group) is 1. The molecule has 0 aromatic carbocycles. The Morgan fingerprint density at radius 2 is 2.00 bits per heavy atom. The van der Waals surface area contributed by atoms with Gasteiger partial charge >= 0.3 is 0 Å². The third-order valence-electron chi connectivity index (χ3n) is 1.73. The van der Waals surface area contributed by atoms with Gasteiger partial charge in [0.25, 0.3) is 11.8 Å². The highest BCUT2D eigenvalue weighted by molar-refractivity contribution is 7.15. The van der Waals surface area contributed by atoms with E-state index in [1.807, 2.05) is 7.05 Å². The maximum absolute atomic E-state index is 11.5. The molecule has 15 heavy (non-hydrogen) atoms. The number of carbonyl (C=O) groups is 2. The van der Waals surface area contributed by atoms with E-state index in [1.54, 1.807) is 12.1 Å². The fourth-order valence-electron chi connectivity index (χ4n) is 0.980. The number of hydrogen-bond donors (Lipinski definition) is 3. The summed E-state index contributed by atoms with van der Waals surface area (Å²) in [6.45, 7) is 1.26. The molecule has 0 radical (unpaired) electrons. The van der Waals surface area contributed by atoms with Crippen LogP contribution in [-0.4, -0.2) is 32.0 Å². The predicted octanol–water partition coefficient (Wildman–Crippen LogP) is -0.204. The first kappa shape index (κ1) is 11.7. The van der Waals surface area contributed by atoms with Gasteiger partial charge in [0, 0.05) is 13.1 Å². The smallest absolute Gasteiger partial charge is 0.261 e. The Balaban J connectivity index is 2.54. The zero-order chi connectivity index (χ0) is 11.3. The number of hydrogen-bond acceptors (Lipinski definition) is 4. The fraction of sp³-hybridized carbons (Fsp3) is 0.333. The minimum absolute atomic E-state index is 0.178. The standard InChI is InChI=1S/C9H13N3O2S/c1-11-4-5-12-9(14)7-3-2-6(15-7)8(10)13/h2-3,11H,4-5H2,1H3,(H2,10,13)(H,12,14). The van der Waals surface area contributed by atoms with Crippen molar-refractivity contribution in [1.82, 2.24) is 10.6 Å². The van der Waals surface area contributed by atoms with Crippen LogP contribution in [0, 0.1) is 0 Å². The average Bonchev–Trinajstić information content (AvgIpc) is 2.66. The van der Waals surface area contributed by atoms with Gasteiger partial charge in [-0.2, -0.15) is 0 Å². The van der Waals surface area contributed by atoms with Gasteiger partial charge in [-0.1, -0.05) is 0 Å². The summed E-state index contributed by atoms with van der Waals surface area (Å²) in [5.41, 5.74) is 5.08. The van der Waals surface area contributed by atoms with E-state index in [1.165, 1.54) is 0 Å². The molecule has 5 nitrogen and oxygen atoms in total. The molecule has 0 bridgehead atoms. The molecule has 0 aliphatic heterocycles. The summed E-state index contributed by atoms with van der Waals surface area (Å²) in [7, 11) is 1.81. The molecule has 2 amide bonds. The van der Waals surface area contributed by atoms with Crippen LogP contribution in [0.5, 0.6) is 0 Å². The van der Waals surface area contributed by atoms with E-state index in [0.29, 0.717) is 22.8 Å². The lowest BCUT2D eigenvalue weighted by atomic mass is 10.4. The highest BCUT2D eigenvalue weighted by Crippen LogP contribution is 2.15. The largest absolute Gasteiger partial charge is 0.365 e. The van der Waals surface area contributed by atoms with E-state index in [0.717, 1.165) is 11.3 Å². The summed E-state index contributed by atoms with van der Waals surface area (Å²) in [4.78, 5) is 23.2. The van der Waals surface area contributed by atoms with Gasteiger partial charge in [-0.3, -0.25) is 9.59 Å². The molecular weight excluding hydrogens is 214 g/mol. The Morgan fingerprint density at radius 1 is 1.33 bits per heavy atom. The third kappa shape index (κ3) is 3.34. The lowest BCUT2D eigenvalue weighted by Gasteiger charge is -2.01. The quantitative estimate of drug-likeness (QED) is 0.609. The normalized spacial score (nSPS) is 9.93. The van der Waals surface area contributed by atoms with Gasteiger partial charge in [0.05, 0.1) is 9.75 Å². The number of carbonyl (C=O) groups excluding carboxylic acids is 2. The molecule has 6 heteroatoms. The van der Waals surface area contributed by atoms with Crippen LogP contribution in [0.4, 0.5) is 0 Å². The van der Waals surface area contributed by atoms with Crippen LogP contribution in [0.25, 0.3) is 0 Å². The first-order chi connectivity index (χ1) is 7.15. The zero-order valence-electron chi connectivity index (χ0n) is 8.37. The number of thiophene rings is 1. The lowest BCUT2D eigenvalue weighted by molar-refractivity contribution is 0.0957. The molecule has 0 unspecified atom stereocenters. The molecule has 1 rings (SSSR count). The maximum Gasteiger partial charge on any atom is 0.261 e. The summed E-state index contributed by atoms with van der Waals surface area (Å²) < 4.78 is 0. The minimum atomic E-state index is -0.505. The molecule has 0 saturated heterocycles. The van der Waals surface area contributed by atoms with Crippen LogP contribution < -0.4 is 16.4 Å². The van der Waals surface area contributed by atoms with Gasteiger partial charge in [0.1, 0.15) is 0 Å². The molecule has 0 saturated carbocycles. The molecular formula is C9H13N3O2S. The van der Waals surface area contributed by atoms with Crippen molar-refractivity contribution < 1.29 is 9.59 Å². The molecule has 0 spiro atoms. The topological polar surface area (TPSA) is 84.2 Å². The van der Waals surface area contributed by atoms with Crippen LogP contribution in [-0.2, 0) is 0 Å². The van der Waals surface area contributed by atoms with Gasteiger partial charge in [-0.15, -0.1) is 11.3 Å². The van der Waals surface area contributed by atoms with Crippen LogP contribution >= 0.6 is 11.3 Å². The zero-order valence-corrected chi connectivity index (χ0v) is 9.19. The van der Waals surface area contributed by atoms with Crippen LogP contribution in [0.15, 0.2) is 12.1 Å². The first-order valence-electron chi connectivity index (χ1n) is 4.47. The summed E-state index contributed by atoms with van der Waals surface area (Å²) in [5.74, 6) is -0.683. The molecule has 0 aliphatic rings. The molecule has 1 aromatic heterocycles. The number of amides is 2. The lowest BCUT2D eigenvalue weighted by Crippen LogP contribution is -2.29. The van der Waals surface area contributed by atoms with Crippen LogP contribution in [0.3, 0.4) is 0 Å². The Morgan fingerprint density at radius 3 is 2.53 bits per heavy atom. The maximum atomic E-state index is 11.5. The summed E-state index contributed by atoms with van der Waals surface area (Å²) >= 11 is 1.10. The monoisotopic (exact) mass is 227 g/mol. The average molecular weight is 227 g/mol. The van der Waals surface area contributed by atoms with Crippen molar-refractivity contribution >= 4 is 23.2 Å². The molecule has 4 N–H and O–H groups in total. The van der Waals surface area contributed by atoms with E-state index in [9.17, 15) is 9.59 Å². The highest BCUT2D eigenvalue weighted by atomic mass is 32.1. The van der Waals surface area contributed by atoms with Gasteiger partial charge in [-0.05, 0) is 19.2 Å². The molecule has 0 fully saturated rings. The summed E-state index contributed by atoms with van der Waals surface area (Å²) in [6, 6.07) is 3.15. The number of primary amides is 1. The number of rotatable bonds is 5. The van der Waals surface area contributed by atoms with E-state index in [4.69, 9.17) is 5.73 Å². The van der Waals surface area contributed by atoms with E-state index in [2.05, 4.69) is 10.6 Å². The highest BCUT2D eigenvalue weighted by Gasteiger charge is 2.10. The first-order valence-corrected chi connectivity index (χ1v) is 5.29. The van der Waals surface area contributed by atoms with Crippen molar-refractivity contribution in [3.63, 3.8) is 0 Å². The SMILES string of the molecule is CNCCNC(=O)c1ccc(C(N)=O)s1. The Hall–Kier alpha value is -1.40. The Labute approximate surface area is 91.7 Å². The van der Waals surface area contributed by atoms with Crippen molar-refractivity contribution in [3.8, 4) is 0 Å². The fourth-order valence-corrected chi connectivity index (χ4v) is 1.76. The van der Waals surface area contributed by atoms with Crippen molar-refractivity contribution in [1.29, 1.82) is 0 Å². The Bertz CT molecular complexity index is 362. The second-order valence-electron chi connectivity index (χ2n) is 2.89. The van der Waals surface area contributed by atoms with Crippen molar-refractivity contribution in [2.75, 3.05) is 20.1 Å². The molecule has 1 heterocycles. The van der Waals surface area contributed by atoms with Gasteiger partial charge in [0.15, 0.2) is 0 Å². The second kappa shape index (κ2) is 5.47. The number of nitrogens with two attached hydrogens (primary N) is 1. The molecule has 0 aliphatic carbocycles.